The minimum atomic E-state index is -1.41. The van der Waals surface area contributed by atoms with E-state index in [4.69, 9.17) is 5.11 Å². The molecule has 13 heavy (non-hydrogen) atoms. The van der Waals surface area contributed by atoms with Gasteiger partial charge in [-0.1, -0.05) is 19.3 Å². The number of fused-ring (bicyclic) bond motifs is 1. The molecule has 0 saturated heterocycles. The molecule has 0 spiro atoms. The number of hydrogen-bond acceptors (Lipinski definition) is 2. The summed E-state index contributed by atoms with van der Waals surface area (Å²) in [5.41, 5.74) is -1.41. The molecule has 3 heteroatoms. The first-order valence-electron chi connectivity index (χ1n) is 5.07. The Morgan fingerprint density at radius 2 is 1.92 bits per heavy atom. The zero-order chi connectivity index (χ0) is 9.47. The molecular weight excluding hydrogens is 168 g/mol. The minimum Gasteiger partial charge on any atom is -0.479 e. The third-order valence-corrected chi connectivity index (χ3v) is 3.74. The second kappa shape index (κ2) is 2.98. The maximum atomic E-state index is 10.8. The van der Waals surface area contributed by atoms with Gasteiger partial charge in [0.2, 0.25) is 0 Å². The summed E-state index contributed by atoms with van der Waals surface area (Å²) in [5.74, 6) is 0.132. The van der Waals surface area contributed by atoms with E-state index in [9.17, 15) is 9.90 Å². The van der Waals surface area contributed by atoms with Gasteiger partial charge >= 0.3 is 5.97 Å². The Balaban J connectivity index is 2.08. The number of aliphatic hydroxyl groups is 1. The van der Waals surface area contributed by atoms with Gasteiger partial charge in [0.15, 0.2) is 5.60 Å². The lowest BCUT2D eigenvalue weighted by Crippen LogP contribution is -2.44. The first kappa shape index (κ1) is 9.00. The Labute approximate surface area is 77.8 Å². The summed E-state index contributed by atoms with van der Waals surface area (Å²) in [7, 11) is 0. The minimum absolute atomic E-state index is 0.448. The van der Waals surface area contributed by atoms with Gasteiger partial charge in [0.1, 0.15) is 0 Å². The van der Waals surface area contributed by atoms with Crippen LogP contribution in [-0.2, 0) is 4.79 Å². The van der Waals surface area contributed by atoms with Crippen LogP contribution in [0, 0.1) is 11.8 Å². The van der Waals surface area contributed by atoms with Crippen molar-refractivity contribution in [3.8, 4) is 0 Å². The largest absolute Gasteiger partial charge is 0.479 e. The smallest absolute Gasteiger partial charge is 0.335 e. The summed E-state index contributed by atoms with van der Waals surface area (Å²) >= 11 is 0. The molecule has 2 saturated carbocycles. The van der Waals surface area contributed by atoms with Gasteiger partial charge < -0.3 is 10.2 Å². The third kappa shape index (κ3) is 1.46. The van der Waals surface area contributed by atoms with Crippen LogP contribution < -0.4 is 0 Å². The van der Waals surface area contributed by atoms with Crippen molar-refractivity contribution in [2.24, 2.45) is 11.8 Å². The number of carboxylic acids is 1. The molecule has 74 valence electrons. The van der Waals surface area contributed by atoms with Gasteiger partial charge in [-0.15, -0.1) is 0 Å². The van der Waals surface area contributed by atoms with Crippen LogP contribution >= 0.6 is 0 Å². The normalized spacial score (nSPS) is 44.4. The van der Waals surface area contributed by atoms with Gasteiger partial charge in [-0.2, -0.15) is 0 Å². The number of hydrogen-bond donors (Lipinski definition) is 2. The van der Waals surface area contributed by atoms with Crippen LogP contribution in [0.4, 0.5) is 0 Å². The van der Waals surface area contributed by atoms with Crippen LogP contribution in [0.25, 0.3) is 0 Å². The van der Waals surface area contributed by atoms with Crippen LogP contribution in [-0.4, -0.2) is 21.8 Å². The molecule has 0 bridgehead atoms. The maximum absolute atomic E-state index is 10.8. The highest BCUT2D eigenvalue weighted by Gasteiger charge is 2.45. The molecule has 2 fully saturated rings. The van der Waals surface area contributed by atoms with Crippen LogP contribution in [0.2, 0.25) is 0 Å². The van der Waals surface area contributed by atoms with E-state index in [1.807, 2.05) is 0 Å². The molecule has 0 heterocycles. The Kier molecular flexibility index (Phi) is 2.06. The first-order chi connectivity index (χ1) is 6.12. The van der Waals surface area contributed by atoms with Crippen LogP contribution in [0.3, 0.4) is 0 Å². The molecule has 2 N–H and O–H groups in total. The van der Waals surface area contributed by atoms with Crippen molar-refractivity contribution in [2.75, 3.05) is 0 Å². The molecule has 0 aromatic heterocycles. The van der Waals surface area contributed by atoms with Crippen molar-refractivity contribution in [2.45, 2.75) is 44.1 Å². The molecule has 0 amide bonds. The molecule has 3 nitrogen and oxygen atoms in total. The monoisotopic (exact) mass is 184 g/mol. The van der Waals surface area contributed by atoms with Gasteiger partial charge in [-0.3, -0.25) is 0 Å². The molecule has 0 aliphatic heterocycles. The quantitative estimate of drug-likeness (QED) is 0.647. The highest BCUT2D eigenvalue weighted by atomic mass is 16.4. The van der Waals surface area contributed by atoms with E-state index in [0.29, 0.717) is 24.7 Å². The first-order valence-corrected chi connectivity index (χ1v) is 5.07. The van der Waals surface area contributed by atoms with E-state index in [2.05, 4.69) is 0 Å². The van der Waals surface area contributed by atoms with E-state index < -0.39 is 11.6 Å². The summed E-state index contributed by atoms with van der Waals surface area (Å²) in [5, 5.41) is 18.7. The highest BCUT2D eigenvalue weighted by Crippen LogP contribution is 2.45. The van der Waals surface area contributed by atoms with Crippen LogP contribution in [0.1, 0.15) is 38.5 Å². The van der Waals surface area contributed by atoms with Gasteiger partial charge in [0, 0.05) is 0 Å². The summed E-state index contributed by atoms with van der Waals surface area (Å²) in [6.07, 6.45) is 5.38. The van der Waals surface area contributed by atoms with Crippen molar-refractivity contribution < 1.29 is 15.0 Å². The fourth-order valence-corrected chi connectivity index (χ4v) is 2.92. The molecular formula is C10H16O3. The third-order valence-electron chi connectivity index (χ3n) is 3.74. The van der Waals surface area contributed by atoms with Crippen molar-refractivity contribution in [3.05, 3.63) is 0 Å². The van der Waals surface area contributed by atoms with Crippen molar-refractivity contribution in [1.29, 1.82) is 0 Å². The predicted octanol–water partition coefficient (Wildman–Crippen LogP) is 1.40. The summed E-state index contributed by atoms with van der Waals surface area (Å²) < 4.78 is 0. The summed E-state index contributed by atoms with van der Waals surface area (Å²) in [4.78, 5) is 10.8. The Bertz CT molecular complexity index is 226. The molecule has 0 radical (unpaired) electrons. The standard InChI is InChI=1S/C10H16O3/c11-9(12)10(13)5-4-7-2-1-3-8(7)6-10/h7-8,13H,1-6H2,(H,11,12). The van der Waals surface area contributed by atoms with E-state index in [1.165, 1.54) is 12.8 Å². The number of aliphatic carboxylic acids is 1. The highest BCUT2D eigenvalue weighted by molar-refractivity contribution is 5.77. The van der Waals surface area contributed by atoms with Gasteiger partial charge in [0.05, 0.1) is 0 Å². The number of rotatable bonds is 1. The van der Waals surface area contributed by atoms with Gasteiger partial charge in [0.25, 0.3) is 0 Å². The molecule has 0 aromatic rings. The molecule has 3 atom stereocenters. The van der Waals surface area contributed by atoms with Gasteiger partial charge in [-0.25, -0.2) is 4.79 Å². The van der Waals surface area contributed by atoms with Gasteiger partial charge in [-0.05, 0) is 31.1 Å². The maximum Gasteiger partial charge on any atom is 0.335 e. The second-order valence-corrected chi connectivity index (χ2v) is 4.53. The Hall–Kier alpha value is -0.570. The van der Waals surface area contributed by atoms with Crippen LogP contribution in [0.15, 0.2) is 0 Å². The van der Waals surface area contributed by atoms with E-state index in [0.717, 1.165) is 12.8 Å². The van der Waals surface area contributed by atoms with E-state index >= 15 is 0 Å². The fraction of sp³-hybridized carbons (Fsp3) is 0.900. The lowest BCUT2D eigenvalue weighted by molar-refractivity contribution is -0.164. The Morgan fingerprint density at radius 3 is 2.62 bits per heavy atom. The number of carbonyl (C=O) groups is 1. The molecule has 2 rings (SSSR count). The van der Waals surface area contributed by atoms with Crippen molar-refractivity contribution in [3.63, 3.8) is 0 Å². The van der Waals surface area contributed by atoms with E-state index in [-0.39, 0.29) is 0 Å². The summed E-state index contributed by atoms with van der Waals surface area (Å²) in [6, 6.07) is 0. The molecule has 0 aromatic carbocycles. The lowest BCUT2D eigenvalue weighted by Gasteiger charge is -2.35. The van der Waals surface area contributed by atoms with Crippen molar-refractivity contribution in [1.82, 2.24) is 0 Å². The van der Waals surface area contributed by atoms with Crippen LogP contribution in [0.5, 0.6) is 0 Å². The molecule has 3 unspecified atom stereocenters. The van der Waals surface area contributed by atoms with Crippen molar-refractivity contribution >= 4 is 5.97 Å². The zero-order valence-electron chi connectivity index (χ0n) is 7.70. The molecule has 2 aliphatic rings. The summed E-state index contributed by atoms with van der Waals surface area (Å²) in [6.45, 7) is 0. The molecule has 2 aliphatic carbocycles. The fourth-order valence-electron chi connectivity index (χ4n) is 2.92. The van der Waals surface area contributed by atoms with E-state index in [1.54, 1.807) is 0 Å². The lowest BCUT2D eigenvalue weighted by atomic mass is 9.73. The Morgan fingerprint density at radius 1 is 1.23 bits per heavy atom. The average Bonchev–Trinajstić information content (AvgIpc) is 2.50. The SMILES string of the molecule is O=C(O)C1(O)CCC2CCCC2C1. The topological polar surface area (TPSA) is 57.5 Å². The number of carboxylic acid groups (broad SMARTS) is 1. The second-order valence-electron chi connectivity index (χ2n) is 4.53. The zero-order valence-corrected chi connectivity index (χ0v) is 7.70. The predicted molar refractivity (Wildman–Crippen MR) is 47.3 cm³/mol. The average molecular weight is 184 g/mol.